The van der Waals surface area contributed by atoms with Crippen LogP contribution in [0.1, 0.15) is 23.2 Å². The number of rotatable bonds is 5. The Hall–Kier alpha value is -2.25. The Morgan fingerprint density at radius 1 is 1.12 bits per heavy atom. The number of ether oxygens (including phenoxy) is 1. The van der Waals surface area contributed by atoms with Gasteiger partial charge in [0.05, 0.1) is 17.7 Å². The van der Waals surface area contributed by atoms with Crippen LogP contribution < -0.4 is 9.62 Å². The summed E-state index contributed by atoms with van der Waals surface area (Å²) in [6.07, 6.45) is 2.34. The van der Waals surface area contributed by atoms with Crippen molar-refractivity contribution in [3.8, 4) is 0 Å². The average Bonchev–Trinajstić information content (AvgIpc) is 3.16. The Labute approximate surface area is 157 Å². The molecule has 0 amide bonds. The summed E-state index contributed by atoms with van der Waals surface area (Å²) >= 11 is 6.03. The van der Waals surface area contributed by atoms with Gasteiger partial charge in [0.15, 0.2) is 0 Å². The van der Waals surface area contributed by atoms with E-state index in [1.54, 1.807) is 12.1 Å². The van der Waals surface area contributed by atoms with Gasteiger partial charge in [0.25, 0.3) is 10.0 Å². The zero-order valence-corrected chi connectivity index (χ0v) is 15.8. The molecule has 0 unspecified atom stereocenters. The summed E-state index contributed by atoms with van der Waals surface area (Å²) in [5.41, 5.74) is 1.60. The Bertz CT molecular complexity index is 907. The van der Waals surface area contributed by atoms with Crippen molar-refractivity contribution < 1.29 is 17.9 Å². The summed E-state index contributed by atoms with van der Waals surface area (Å²) in [4.78, 5) is 13.7. The Morgan fingerprint density at radius 2 is 1.77 bits per heavy atom. The highest BCUT2D eigenvalue weighted by Gasteiger charge is 2.21. The van der Waals surface area contributed by atoms with Crippen LogP contribution in [-0.2, 0) is 14.8 Å². The standard InChI is InChI=1S/C18H19ClN2O4S/c1-25-18(22)13-4-9-16(19)17(12-13)26(23,24)20-14-5-7-15(8-6-14)21-10-2-3-11-21/h4-9,12,20H,2-3,10-11H2,1H3. The van der Waals surface area contributed by atoms with Crippen LogP contribution in [-0.4, -0.2) is 34.6 Å². The first kappa shape index (κ1) is 18.5. The molecule has 3 rings (SSSR count). The second-order valence-corrected chi connectivity index (χ2v) is 8.04. The van der Waals surface area contributed by atoms with Gasteiger partial charge in [-0.3, -0.25) is 4.72 Å². The number of esters is 1. The fraction of sp³-hybridized carbons (Fsp3) is 0.278. The molecule has 1 aliphatic rings. The molecule has 0 aromatic heterocycles. The number of anilines is 2. The third-order valence-electron chi connectivity index (χ3n) is 4.23. The topological polar surface area (TPSA) is 75.7 Å². The lowest BCUT2D eigenvalue weighted by Crippen LogP contribution is -2.18. The maximum Gasteiger partial charge on any atom is 0.337 e. The van der Waals surface area contributed by atoms with Gasteiger partial charge >= 0.3 is 5.97 Å². The summed E-state index contributed by atoms with van der Waals surface area (Å²) < 4.78 is 32.5. The van der Waals surface area contributed by atoms with E-state index in [0.717, 1.165) is 18.8 Å². The molecule has 138 valence electrons. The van der Waals surface area contributed by atoms with Crippen LogP contribution in [0.25, 0.3) is 0 Å². The van der Waals surface area contributed by atoms with Crippen LogP contribution in [0.4, 0.5) is 11.4 Å². The number of nitrogens with zero attached hydrogens (tertiary/aromatic N) is 1. The Morgan fingerprint density at radius 3 is 2.38 bits per heavy atom. The Balaban J connectivity index is 1.83. The first-order chi connectivity index (χ1) is 12.4. The van der Waals surface area contributed by atoms with Gasteiger partial charge < -0.3 is 9.64 Å². The molecule has 1 fully saturated rings. The number of hydrogen-bond donors (Lipinski definition) is 1. The quantitative estimate of drug-likeness (QED) is 0.785. The lowest BCUT2D eigenvalue weighted by molar-refractivity contribution is 0.0600. The summed E-state index contributed by atoms with van der Waals surface area (Å²) in [6.45, 7) is 2.03. The zero-order chi connectivity index (χ0) is 18.7. The van der Waals surface area contributed by atoms with Gasteiger partial charge in [-0.2, -0.15) is 0 Å². The molecule has 0 bridgehead atoms. The smallest absolute Gasteiger partial charge is 0.337 e. The lowest BCUT2D eigenvalue weighted by atomic mass is 10.2. The molecule has 0 saturated carbocycles. The molecular weight excluding hydrogens is 376 g/mol. The van der Waals surface area contributed by atoms with Gasteiger partial charge in [-0.25, -0.2) is 13.2 Å². The predicted molar refractivity (Wildman–Crippen MR) is 101 cm³/mol. The molecule has 2 aromatic carbocycles. The number of benzene rings is 2. The van der Waals surface area contributed by atoms with E-state index in [0.29, 0.717) is 5.69 Å². The van der Waals surface area contributed by atoms with Crippen LogP contribution in [0, 0.1) is 0 Å². The van der Waals surface area contributed by atoms with E-state index in [1.807, 2.05) is 12.1 Å². The molecule has 2 aromatic rings. The average molecular weight is 395 g/mol. The lowest BCUT2D eigenvalue weighted by Gasteiger charge is -2.18. The van der Waals surface area contributed by atoms with Gasteiger partial charge in [0.2, 0.25) is 0 Å². The SMILES string of the molecule is COC(=O)c1ccc(Cl)c(S(=O)(=O)Nc2ccc(N3CCCC3)cc2)c1. The van der Waals surface area contributed by atoms with E-state index < -0.39 is 16.0 Å². The number of carbonyl (C=O) groups excluding carboxylic acids is 1. The number of methoxy groups -OCH3 is 1. The molecule has 1 aliphatic heterocycles. The predicted octanol–water partition coefficient (Wildman–Crippen LogP) is 3.53. The van der Waals surface area contributed by atoms with Gasteiger partial charge in [-0.15, -0.1) is 0 Å². The van der Waals surface area contributed by atoms with Crippen molar-refractivity contribution in [2.75, 3.05) is 29.8 Å². The van der Waals surface area contributed by atoms with E-state index in [2.05, 4.69) is 14.4 Å². The highest BCUT2D eigenvalue weighted by molar-refractivity contribution is 7.92. The fourth-order valence-electron chi connectivity index (χ4n) is 2.88. The van der Waals surface area contributed by atoms with Crippen molar-refractivity contribution in [3.63, 3.8) is 0 Å². The van der Waals surface area contributed by atoms with Crippen LogP contribution in [0.5, 0.6) is 0 Å². The van der Waals surface area contributed by atoms with E-state index in [1.165, 1.54) is 38.2 Å². The first-order valence-corrected chi connectivity index (χ1v) is 10.0. The van der Waals surface area contributed by atoms with Crippen molar-refractivity contribution >= 4 is 39.0 Å². The second-order valence-electron chi connectivity index (χ2n) is 5.98. The number of hydrogen-bond acceptors (Lipinski definition) is 5. The van der Waals surface area contributed by atoms with Crippen molar-refractivity contribution in [1.82, 2.24) is 0 Å². The maximum atomic E-state index is 12.7. The summed E-state index contributed by atoms with van der Waals surface area (Å²) in [7, 11) is -2.72. The molecule has 1 saturated heterocycles. The third kappa shape index (κ3) is 3.94. The number of carbonyl (C=O) groups is 1. The minimum Gasteiger partial charge on any atom is -0.465 e. The van der Waals surface area contributed by atoms with Crippen molar-refractivity contribution in [2.24, 2.45) is 0 Å². The summed E-state index contributed by atoms with van der Waals surface area (Å²) in [5.74, 6) is -0.631. The normalized spacial score (nSPS) is 14.3. The minimum atomic E-state index is -3.94. The number of sulfonamides is 1. The van der Waals surface area contributed by atoms with E-state index >= 15 is 0 Å². The van der Waals surface area contributed by atoms with Gasteiger partial charge in [0.1, 0.15) is 4.90 Å². The molecule has 1 N–H and O–H groups in total. The number of nitrogens with one attached hydrogen (secondary N) is 1. The molecule has 8 heteroatoms. The van der Waals surface area contributed by atoms with Crippen molar-refractivity contribution in [2.45, 2.75) is 17.7 Å². The van der Waals surface area contributed by atoms with Crippen LogP contribution in [0.2, 0.25) is 5.02 Å². The van der Waals surface area contributed by atoms with E-state index in [9.17, 15) is 13.2 Å². The fourth-order valence-corrected chi connectivity index (χ4v) is 4.47. The minimum absolute atomic E-state index is 0.0267. The highest BCUT2D eigenvalue weighted by atomic mass is 35.5. The van der Waals surface area contributed by atoms with E-state index in [-0.39, 0.29) is 15.5 Å². The van der Waals surface area contributed by atoms with Crippen molar-refractivity contribution in [1.29, 1.82) is 0 Å². The molecule has 0 spiro atoms. The second kappa shape index (κ2) is 7.55. The zero-order valence-electron chi connectivity index (χ0n) is 14.2. The molecule has 0 atom stereocenters. The van der Waals surface area contributed by atoms with Crippen molar-refractivity contribution in [3.05, 3.63) is 53.1 Å². The summed E-state index contributed by atoms with van der Waals surface area (Å²) in [6, 6.07) is 11.2. The molecule has 26 heavy (non-hydrogen) atoms. The largest absolute Gasteiger partial charge is 0.465 e. The molecule has 0 radical (unpaired) electrons. The monoisotopic (exact) mass is 394 g/mol. The van der Waals surface area contributed by atoms with Crippen LogP contribution in [0.15, 0.2) is 47.4 Å². The third-order valence-corrected chi connectivity index (χ3v) is 6.10. The summed E-state index contributed by atoms with van der Waals surface area (Å²) in [5, 5.41) is 0.0267. The van der Waals surface area contributed by atoms with Gasteiger partial charge in [-0.05, 0) is 55.3 Å². The first-order valence-electron chi connectivity index (χ1n) is 8.16. The number of halogens is 1. The molecule has 1 heterocycles. The van der Waals surface area contributed by atoms with Crippen LogP contribution >= 0.6 is 11.6 Å². The molecule has 6 nitrogen and oxygen atoms in total. The van der Waals surface area contributed by atoms with Gasteiger partial charge in [0, 0.05) is 24.5 Å². The van der Waals surface area contributed by atoms with Gasteiger partial charge in [-0.1, -0.05) is 11.6 Å². The highest BCUT2D eigenvalue weighted by Crippen LogP contribution is 2.27. The molecule has 0 aliphatic carbocycles. The van der Waals surface area contributed by atoms with E-state index in [4.69, 9.17) is 11.6 Å². The maximum absolute atomic E-state index is 12.7. The Kier molecular flexibility index (Phi) is 5.38. The molecular formula is C18H19ClN2O4S. The van der Waals surface area contributed by atoms with Crippen LogP contribution in [0.3, 0.4) is 0 Å².